The monoisotopic (exact) mass is 315 g/mol. The number of amides is 1. The fourth-order valence-electron chi connectivity index (χ4n) is 2.50. The van der Waals surface area contributed by atoms with Gasteiger partial charge in [0.25, 0.3) is 5.91 Å². The number of carbonyl (C=O) groups excluding carboxylic acids is 2. The van der Waals surface area contributed by atoms with Crippen molar-refractivity contribution in [3.05, 3.63) is 52.6 Å². The number of rotatable bonds is 2. The fourth-order valence-corrected chi connectivity index (χ4v) is 2.75. The minimum atomic E-state index is -0.134. The molecule has 1 amide bonds. The largest absolute Gasteiger partial charge is 0.336 e. The second-order valence-electron chi connectivity index (χ2n) is 5.19. The molecule has 112 valence electrons. The predicted octanol–water partition coefficient (Wildman–Crippen LogP) is 2.71. The highest BCUT2D eigenvalue weighted by Gasteiger charge is 2.27. The van der Waals surface area contributed by atoms with Crippen LogP contribution in [0, 0.1) is 0 Å². The fraction of sp³-hybridized carbons (Fsp3) is 0.188. The Hall–Kier alpha value is -2.40. The molecule has 1 aromatic heterocycles. The van der Waals surface area contributed by atoms with Crippen molar-refractivity contribution < 1.29 is 9.59 Å². The molecule has 1 aliphatic rings. The molecule has 0 saturated heterocycles. The quantitative estimate of drug-likeness (QED) is 0.801. The molecule has 0 aliphatic carbocycles. The van der Waals surface area contributed by atoms with Crippen LogP contribution in [0.15, 0.2) is 30.6 Å². The SMILES string of the molecule is CC(=O)C=Cc1ncn2c1CN(C)C(=O)c1c(Cl)cccc1-2. The van der Waals surface area contributed by atoms with Crippen LogP contribution in [0.1, 0.15) is 28.7 Å². The Morgan fingerprint density at radius 2 is 2.18 bits per heavy atom. The van der Waals surface area contributed by atoms with E-state index in [9.17, 15) is 9.59 Å². The Morgan fingerprint density at radius 1 is 1.41 bits per heavy atom. The first-order chi connectivity index (χ1) is 10.5. The van der Waals surface area contributed by atoms with E-state index >= 15 is 0 Å². The Labute approximate surface area is 132 Å². The normalized spacial score (nSPS) is 14.0. The molecule has 6 heteroatoms. The number of ketones is 1. The summed E-state index contributed by atoms with van der Waals surface area (Å²) in [5.41, 5.74) is 2.67. The van der Waals surface area contributed by atoms with Gasteiger partial charge in [-0.2, -0.15) is 0 Å². The topological polar surface area (TPSA) is 55.2 Å². The molecule has 3 rings (SSSR count). The van der Waals surface area contributed by atoms with E-state index in [2.05, 4.69) is 4.98 Å². The number of halogens is 1. The van der Waals surface area contributed by atoms with E-state index in [-0.39, 0.29) is 11.7 Å². The zero-order valence-corrected chi connectivity index (χ0v) is 13.0. The van der Waals surface area contributed by atoms with Crippen molar-refractivity contribution in [1.29, 1.82) is 0 Å². The van der Waals surface area contributed by atoms with Crippen LogP contribution in [-0.2, 0) is 11.3 Å². The Bertz CT molecular complexity index is 808. The summed E-state index contributed by atoms with van der Waals surface area (Å²) < 4.78 is 1.85. The predicted molar refractivity (Wildman–Crippen MR) is 84.1 cm³/mol. The van der Waals surface area contributed by atoms with Gasteiger partial charge in [0, 0.05) is 7.05 Å². The average Bonchev–Trinajstić information content (AvgIpc) is 2.82. The van der Waals surface area contributed by atoms with Gasteiger partial charge in [-0.05, 0) is 31.2 Å². The number of nitrogens with zero attached hydrogens (tertiary/aromatic N) is 3. The maximum atomic E-state index is 12.5. The second kappa shape index (κ2) is 5.42. The Kier molecular flexibility index (Phi) is 3.58. The number of benzene rings is 1. The summed E-state index contributed by atoms with van der Waals surface area (Å²) in [5.74, 6) is -0.186. The smallest absolute Gasteiger partial charge is 0.257 e. The van der Waals surface area contributed by atoms with E-state index in [4.69, 9.17) is 11.6 Å². The summed E-state index contributed by atoms with van der Waals surface area (Å²) >= 11 is 6.21. The zero-order chi connectivity index (χ0) is 15.9. The van der Waals surface area contributed by atoms with Gasteiger partial charge in [-0.1, -0.05) is 17.7 Å². The van der Waals surface area contributed by atoms with Crippen LogP contribution in [0.4, 0.5) is 0 Å². The molecule has 5 nitrogen and oxygen atoms in total. The summed E-state index contributed by atoms with van der Waals surface area (Å²) in [5, 5.41) is 0.414. The second-order valence-corrected chi connectivity index (χ2v) is 5.59. The Morgan fingerprint density at radius 3 is 2.91 bits per heavy atom. The van der Waals surface area contributed by atoms with Gasteiger partial charge < -0.3 is 4.90 Å². The number of carbonyl (C=O) groups is 2. The van der Waals surface area contributed by atoms with Crippen LogP contribution < -0.4 is 0 Å². The van der Waals surface area contributed by atoms with Gasteiger partial charge in [0.2, 0.25) is 0 Å². The Balaban J connectivity index is 2.22. The first-order valence-corrected chi connectivity index (χ1v) is 7.16. The summed E-state index contributed by atoms with van der Waals surface area (Å²) in [7, 11) is 1.72. The van der Waals surface area contributed by atoms with E-state index in [1.54, 1.807) is 36.5 Å². The van der Waals surface area contributed by atoms with Crippen molar-refractivity contribution in [3.8, 4) is 5.69 Å². The standard InChI is InChI=1S/C16H14ClN3O2/c1-10(21)6-7-12-14-8-19(2)16(22)15-11(17)4-3-5-13(15)20(14)9-18-12/h3-7,9H,8H2,1-2H3. The van der Waals surface area contributed by atoms with E-state index in [1.165, 1.54) is 13.0 Å². The lowest BCUT2D eigenvalue weighted by molar-refractivity contribution is -0.112. The maximum Gasteiger partial charge on any atom is 0.257 e. The van der Waals surface area contributed by atoms with E-state index in [1.807, 2.05) is 10.6 Å². The van der Waals surface area contributed by atoms with Crippen molar-refractivity contribution in [3.63, 3.8) is 0 Å². The van der Waals surface area contributed by atoms with Crippen molar-refractivity contribution >= 4 is 29.4 Å². The lowest BCUT2D eigenvalue weighted by Gasteiger charge is -2.14. The van der Waals surface area contributed by atoms with E-state index < -0.39 is 0 Å². The summed E-state index contributed by atoms with van der Waals surface area (Å²) in [6.07, 6.45) is 4.79. The molecular formula is C16H14ClN3O2. The summed E-state index contributed by atoms with van der Waals surface area (Å²) in [6, 6.07) is 5.33. The molecule has 0 spiro atoms. The van der Waals surface area contributed by atoms with Crippen LogP contribution in [0.25, 0.3) is 11.8 Å². The van der Waals surface area contributed by atoms with Gasteiger partial charge in [-0.25, -0.2) is 4.98 Å². The van der Waals surface area contributed by atoms with Crippen LogP contribution in [-0.4, -0.2) is 33.2 Å². The number of imidazole rings is 1. The van der Waals surface area contributed by atoms with Crippen molar-refractivity contribution in [2.45, 2.75) is 13.5 Å². The van der Waals surface area contributed by atoms with Crippen LogP contribution in [0.3, 0.4) is 0 Å². The molecule has 0 fully saturated rings. The third-order valence-corrected chi connectivity index (χ3v) is 3.89. The number of hydrogen-bond donors (Lipinski definition) is 0. The van der Waals surface area contributed by atoms with Crippen molar-refractivity contribution in [1.82, 2.24) is 14.5 Å². The van der Waals surface area contributed by atoms with Crippen molar-refractivity contribution in [2.75, 3.05) is 7.05 Å². The summed E-state index contributed by atoms with van der Waals surface area (Å²) in [4.78, 5) is 29.6. The van der Waals surface area contributed by atoms with Gasteiger partial charge >= 0.3 is 0 Å². The molecule has 2 aromatic rings. The van der Waals surface area contributed by atoms with E-state index in [0.717, 1.165) is 5.69 Å². The molecule has 1 aliphatic heterocycles. The van der Waals surface area contributed by atoms with Gasteiger partial charge in [0.15, 0.2) is 5.78 Å². The highest BCUT2D eigenvalue weighted by Crippen LogP contribution is 2.30. The zero-order valence-electron chi connectivity index (χ0n) is 12.2. The maximum absolute atomic E-state index is 12.5. The average molecular weight is 316 g/mol. The van der Waals surface area contributed by atoms with E-state index in [0.29, 0.717) is 28.5 Å². The third-order valence-electron chi connectivity index (χ3n) is 3.57. The molecule has 0 unspecified atom stereocenters. The highest BCUT2D eigenvalue weighted by molar-refractivity contribution is 6.34. The van der Waals surface area contributed by atoms with Gasteiger partial charge in [0.05, 0.1) is 34.2 Å². The van der Waals surface area contributed by atoms with Crippen LogP contribution in [0.2, 0.25) is 5.02 Å². The molecule has 2 heterocycles. The molecule has 0 bridgehead atoms. The van der Waals surface area contributed by atoms with Gasteiger partial charge in [0.1, 0.15) is 6.33 Å². The third kappa shape index (κ3) is 2.33. The molecule has 1 aromatic carbocycles. The lowest BCUT2D eigenvalue weighted by Crippen LogP contribution is -2.25. The number of fused-ring (bicyclic) bond motifs is 3. The molecule has 22 heavy (non-hydrogen) atoms. The minimum Gasteiger partial charge on any atom is -0.336 e. The molecule has 0 atom stereocenters. The van der Waals surface area contributed by atoms with Crippen molar-refractivity contribution in [2.24, 2.45) is 0 Å². The number of hydrogen-bond acceptors (Lipinski definition) is 3. The molecule has 0 N–H and O–H groups in total. The lowest BCUT2D eigenvalue weighted by atomic mass is 10.1. The van der Waals surface area contributed by atoms with Crippen LogP contribution >= 0.6 is 11.6 Å². The summed E-state index contributed by atoms with van der Waals surface area (Å²) in [6.45, 7) is 1.87. The number of allylic oxidation sites excluding steroid dienone is 1. The molecular weight excluding hydrogens is 302 g/mol. The first kappa shape index (κ1) is 14.5. The number of aromatic nitrogens is 2. The highest BCUT2D eigenvalue weighted by atomic mass is 35.5. The minimum absolute atomic E-state index is 0.0525. The molecule has 0 radical (unpaired) electrons. The van der Waals surface area contributed by atoms with Gasteiger partial charge in [-0.3, -0.25) is 14.2 Å². The van der Waals surface area contributed by atoms with Gasteiger partial charge in [-0.15, -0.1) is 0 Å². The van der Waals surface area contributed by atoms with Crippen LogP contribution in [0.5, 0.6) is 0 Å². The molecule has 0 saturated carbocycles. The first-order valence-electron chi connectivity index (χ1n) is 6.78.